The highest BCUT2D eigenvalue weighted by Gasteiger charge is 2.13. The van der Waals surface area contributed by atoms with E-state index in [2.05, 4.69) is 102 Å². The van der Waals surface area contributed by atoms with Crippen molar-refractivity contribution in [2.24, 2.45) is 5.10 Å². The summed E-state index contributed by atoms with van der Waals surface area (Å²) in [5, 5.41) is 6.40. The van der Waals surface area contributed by atoms with Crippen LogP contribution in [0.15, 0.2) is 84.1 Å². The predicted molar refractivity (Wildman–Crippen MR) is 143 cm³/mol. The highest BCUT2D eigenvalue weighted by molar-refractivity contribution is 7.22. The summed E-state index contributed by atoms with van der Waals surface area (Å²) in [5.41, 5.74) is 7.72. The van der Waals surface area contributed by atoms with Gasteiger partial charge in [-0.2, -0.15) is 5.10 Å². The summed E-state index contributed by atoms with van der Waals surface area (Å²) < 4.78 is 9.39. The maximum absolute atomic E-state index is 6.03. The van der Waals surface area contributed by atoms with Gasteiger partial charge in [-0.15, -0.1) is 0 Å². The molecular formula is C28H28N4OS. The Morgan fingerprint density at radius 2 is 1.76 bits per heavy atom. The van der Waals surface area contributed by atoms with Crippen molar-refractivity contribution in [3.8, 4) is 5.75 Å². The molecule has 5 nitrogen and oxygen atoms in total. The molecule has 172 valence electrons. The van der Waals surface area contributed by atoms with E-state index in [-0.39, 0.29) is 5.41 Å². The average molecular weight is 469 g/mol. The lowest BCUT2D eigenvalue weighted by atomic mass is 9.87. The summed E-state index contributed by atoms with van der Waals surface area (Å²) in [5.74, 6) is 0.895. The minimum atomic E-state index is 0.141. The zero-order chi connectivity index (χ0) is 23.5. The first-order chi connectivity index (χ1) is 16.5. The number of hydrogen-bond donors (Lipinski definition) is 1. The van der Waals surface area contributed by atoms with Gasteiger partial charge in [0, 0.05) is 22.7 Å². The normalized spacial score (nSPS) is 12.1. The fourth-order valence-electron chi connectivity index (χ4n) is 3.95. The van der Waals surface area contributed by atoms with E-state index in [1.165, 1.54) is 5.56 Å². The second kappa shape index (κ2) is 9.31. The minimum Gasteiger partial charge on any atom is -0.492 e. The van der Waals surface area contributed by atoms with Crippen LogP contribution in [0.25, 0.3) is 21.1 Å². The fraction of sp³-hybridized carbons (Fsp3) is 0.214. The fourth-order valence-corrected chi connectivity index (χ4v) is 4.77. The van der Waals surface area contributed by atoms with Crippen LogP contribution in [-0.2, 0) is 12.0 Å². The molecule has 1 N–H and O–H groups in total. The summed E-state index contributed by atoms with van der Waals surface area (Å²) in [6, 6.07) is 24.9. The van der Waals surface area contributed by atoms with Gasteiger partial charge in [-0.1, -0.05) is 74.6 Å². The maximum Gasteiger partial charge on any atom is 0.204 e. The van der Waals surface area contributed by atoms with E-state index in [4.69, 9.17) is 4.74 Å². The monoisotopic (exact) mass is 468 g/mol. The number of aromatic nitrogens is 2. The van der Waals surface area contributed by atoms with Crippen molar-refractivity contribution in [1.29, 1.82) is 0 Å². The molecule has 0 amide bonds. The molecule has 0 spiro atoms. The lowest BCUT2D eigenvalue weighted by Crippen LogP contribution is -2.11. The van der Waals surface area contributed by atoms with Crippen molar-refractivity contribution in [3.05, 3.63) is 90.1 Å². The van der Waals surface area contributed by atoms with Gasteiger partial charge < -0.3 is 9.30 Å². The smallest absolute Gasteiger partial charge is 0.204 e. The number of fused-ring (bicyclic) bond motifs is 2. The summed E-state index contributed by atoms with van der Waals surface area (Å²) >= 11 is 1.59. The maximum atomic E-state index is 6.03. The molecule has 0 unspecified atom stereocenters. The molecule has 2 heterocycles. The zero-order valence-corrected chi connectivity index (χ0v) is 20.5. The largest absolute Gasteiger partial charge is 0.492 e. The van der Waals surface area contributed by atoms with Gasteiger partial charge in [-0.3, -0.25) is 5.43 Å². The van der Waals surface area contributed by atoms with Gasteiger partial charge in [0.15, 0.2) is 0 Å². The molecule has 6 heteroatoms. The van der Waals surface area contributed by atoms with E-state index in [0.717, 1.165) is 44.1 Å². The van der Waals surface area contributed by atoms with Crippen LogP contribution in [0.2, 0.25) is 0 Å². The molecule has 5 rings (SSSR count). The van der Waals surface area contributed by atoms with Crippen LogP contribution in [0.4, 0.5) is 5.13 Å². The first-order valence-electron chi connectivity index (χ1n) is 11.4. The average Bonchev–Trinajstić information content (AvgIpc) is 3.40. The SMILES string of the molecule is CC(C)(C)c1ccc(OCCn2cc(/C=N\Nc3nc4ccccc4s3)c3ccccc32)cc1. The Hall–Kier alpha value is -3.64. The van der Waals surface area contributed by atoms with Crippen molar-refractivity contribution in [2.75, 3.05) is 12.0 Å². The van der Waals surface area contributed by atoms with E-state index in [0.29, 0.717) is 6.61 Å². The van der Waals surface area contributed by atoms with Crippen molar-refractivity contribution in [3.63, 3.8) is 0 Å². The summed E-state index contributed by atoms with van der Waals surface area (Å²) in [6.07, 6.45) is 3.98. The van der Waals surface area contributed by atoms with Crippen molar-refractivity contribution in [2.45, 2.75) is 32.7 Å². The molecule has 2 aromatic heterocycles. The van der Waals surface area contributed by atoms with Crippen LogP contribution in [0.1, 0.15) is 31.9 Å². The van der Waals surface area contributed by atoms with E-state index in [1.807, 2.05) is 24.4 Å². The quantitative estimate of drug-likeness (QED) is 0.205. The van der Waals surface area contributed by atoms with E-state index in [9.17, 15) is 0 Å². The van der Waals surface area contributed by atoms with E-state index < -0.39 is 0 Å². The topological polar surface area (TPSA) is 51.4 Å². The van der Waals surface area contributed by atoms with Crippen LogP contribution >= 0.6 is 11.3 Å². The number of anilines is 1. The Labute approximate surface area is 203 Å². The Kier molecular flexibility index (Phi) is 6.07. The summed E-state index contributed by atoms with van der Waals surface area (Å²) in [4.78, 5) is 4.57. The van der Waals surface area contributed by atoms with Gasteiger partial charge in [0.05, 0.1) is 23.0 Å². The van der Waals surface area contributed by atoms with Crippen molar-refractivity contribution < 1.29 is 4.74 Å². The molecule has 3 aromatic carbocycles. The molecular weight excluding hydrogens is 440 g/mol. The summed E-state index contributed by atoms with van der Waals surface area (Å²) in [7, 11) is 0. The first-order valence-corrected chi connectivity index (χ1v) is 12.2. The third kappa shape index (κ3) is 4.82. The third-order valence-corrected chi connectivity index (χ3v) is 6.74. The Morgan fingerprint density at radius 3 is 2.56 bits per heavy atom. The predicted octanol–water partition coefficient (Wildman–Crippen LogP) is 7.07. The van der Waals surface area contributed by atoms with Gasteiger partial charge in [0.25, 0.3) is 0 Å². The van der Waals surface area contributed by atoms with Crippen LogP contribution in [-0.4, -0.2) is 22.4 Å². The number of rotatable bonds is 7. The number of thiazole rings is 1. The molecule has 0 aliphatic rings. The van der Waals surface area contributed by atoms with E-state index >= 15 is 0 Å². The van der Waals surface area contributed by atoms with Crippen LogP contribution < -0.4 is 10.2 Å². The first kappa shape index (κ1) is 22.2. The standard InChI is InChI=1S/C28H28N4OS/c1-28(2,3)21-12-14-22(15-13-21)33-17-16-32-19-20(23-8-4-6-10-25(23)32)18-29-31-27-30-24-9-5-7-11-26(24)34-27/h4-15,18-19H,16-17H2,1-3H3,(H,30,31)/b29-18-. The lowest BCUT2D eigenvalue weighted by molar-refractivity contribution is 0.300. The van der Waals surface area contributed by atoms with Gasteiger partial charge in [0.1, 0.15) is 12.4 Å². The van der Waals surface area contributed by atoms with Crippen LogP contribution in [0.5, 0.6) is 5.75 Å². The molecule has 0 bridgehead atoms. The van der Waals surface area contributed by atoms with Crippen LogP contribution in [0.3, 0.4) is 0 Å². The van der Waals surface area contributed by atoms with Gasteiger partial charge in [0.2, 0.25) is 5.13 Å². The number of nitrogens with one attached hydrogen (secondary N) is 1. The van der Waals surface area contributed by atoms with Gasteiger partial charge in [-0.05, 0) is 41.3 Å². The number of ether oxygens (including phenoxy) is 1. The number of para-hydroxylation sites is 2. The Bertz CT molecular complexity index is 1410. The number of benzene rings is 3. The Balaban J connectivity index is 1.27. The highest BCUT2D eigenvalue weighted by Crippen LogP contribution is 2.26. The molecule has 0 aliphatic heterocycles. The molecule has 0 atom stereocenters. The molecule has 0 aliphatic carbocycles. The van der Waals surface area contributed by atoms with Gasteiger partial charge >= 0.3 is 0 Å². The molecule has 0 radical (unpaired) electrons. The molecule has 34 heavy (non-hydrogen) atoms. The third-order valence-electron chi connectivity index (χ3n) is 5.80. The summed E-state index contributed by atoms with van der Waals surface area (Å²) in [6.45, 7) is 8.00. The lowest BCUT2D eigenvalue weighted by Gasteiger charge is -2.19. The zero-order valence-electron chi connectivity index (χ0n) is 19.7. The minimum absolute atomic E-state index is 0.141. The second-order valence-electron chi connectivity index (χ2n) is 9.27. The Morgan fingerprint density at radius 1 is 1.00 bits per heavy atom. The molecule has 0 fully saturated rings. The van der Waals surface area contributed by atoms with Crippen molar-refractivity contribution in [1.82, 2.24) is 9.55 Å². The highest BCUT2D eigenvalue weighted by atomic mass is 32.1. The number of nitrogens with zero attached hydrogens (tertiary/aromatic N) is 3. The van der Waals surface area contributed by atoms with Gasteiger partial charge in [-0.25, -0.2) is 4.98 Å². The second-order valence-corrected chi connectivity index (χ2v) is 10.3. The number of hydrogen-bond acceptors (Lipinski definition) is 5. The van der Waals surface area contributed by atoms with Crippen LogP contribution in [0, 0.1) is 0 Å². The molecule has 5 aromatic rings. The van der Waals surface area contributed by atoms with Crippen molar-refractivity contribution >= 4 is 43.8 Å². The molecule has 0 saturated heterocycles. The van der Waals surface area contributed by atoms with E-state index in [1.54, 1.807) is 11.3 Å². The number of hydrazone groups is 1. The molecule has 0 saturated carbocycles.